The summed E-state index contributed by atoms with van der Waals surface area (Å²) in [6.45, 7) is 2.68. The molecule has 2 aromatic heterocycles. The number of rotatable bonds is 6. The van der Waals surface area contributed by atoms with Gasteiger partial charge in [-0.15, -0.1) is 0 Å². The lowest BCUT2D eigenvalue weighted by Crippen LogP contribution is -2.33. The van der Waals surface area contributed by atoms with Crippen LogP contribution in [0.1, 0.15) is 43.0 Å². The summed E-state index contributed by atoms with van der Waals surface area (Å²) in [5.74, 6) is 0. The Morgan fingerprint density at radius 1 is 1.45 bits per heavy atom. The first-order chi connectivity index (χ1) is 13.7. The predicted molar refractivity (Wildman–Crippen MR) is 100.0 cm³/mol. The molecule has 0 N–H and O–H groups in total. The van der Waals surface area contributed by atoms with Gasteiger partial charge >= 0.3 is 6.18 Å². The lowest BCUT2D eigenvalue weighted by Gasteiger charge is -2.37. The quantitative estimate of drug-likeness (QED) is 0.683. The molecule has 0 aliphatic carbocycles. The van der Waals surface area contributed by atoms with Crippen LogP contribution in [0, 0.1) is 11.3 Å². The van der Waals surface area contributed by atoms with Gasteiger partial charge in [-0.2, -0.15) is 23.5 Å². The van der Waals surface area contributed by atoms with E-state index in [1.54, 1.807) is 17.9 Å². The number of hydrogen-bond acceptors (Lipinski definition) is 6. The number of methoxy groups -OCH3 is 1. The minimum atomic E-state index is -4.47. The van der Waals surface area contributed by atoms with Gasteiger partial charge < -0.3 is 9.47 Å². The first-order valence-electron chi connectivity index (χ1n) is 9.01. The molecule has 0 radical (unpaired) electrons. The van der Waals surface area contributed by atoms with E-state index in [-0.39, 0.29) is 24.0 Å². The summed E-state index contributed by atoms with van der Waals surface area (Å²) in [5.41, 5.74) is 0.525. The summed E-state index contributed by atoms with van der Waals surface area (Å²) in [6.07, 6.45) is -3.36. The first kappa shape index (κ1) is 21.6. The maximum absolute atomic E-state index is 13.0. The number of alkyl halides is 3. The molecule has 0 amide bonds. The molecule has 0 spiro atoms. The highest BCUT2D eigenvalue weighted by Gasteiger charge is 2.38. The molecule has 156 valence electrons. The fraction of sp³-hybridized carbons (Fsp3) is 0.526. The number of ether oxygens (including phenoxy) is 2. The molecule has 3 rings (SSSR count). The molecule has 1 fully saturated rings. The Hall–Kier alpha value is -2.09. The number of aromatic nitrogens is 3. The molecule has 10 heteroatoms. The van der Waals surface area contributed by atoms with Crippen LogP contribution in [0.2, 0.25) is 0 Å². The van der Waals surface area contributed by atoms with Crippen LogP contribution in [-0.2, 0) is 28.8 Å². The van der Waals surface area contributed by atoms with E-state index in [0.29, 0.717) is 30.2 Å². The van der Waals surface area contributed by atoms with Crippen molar-refractivity contribution < 1.29 is 22.6 Å². The molecule has 1 aliphatic heterocycles. The van der Waals surface area contributed by atoms with E-state index in [0.717, 1.165) is 11.8 Å². The van der Waals surface area contributed by atoms with E-state index in [9.17, 15) is 13.2 Å². The Kier molecular flexibility index (Phi) is 6.51. The SMILES string of the molecule is COCn1nc(CC#N)cc1C1CC(C)(Sc2cccc(C(F)(F)F)n2)CCO1. The van der Waals surface area contributed by atoms with Crippen molar-refractivity contribution in [1.29, 1.82) is 5.26 Å². The number of nitriles is 1. The average Bonchev–Trinajstić information content (AvgIpc) is 3.04. The summed E-state index contributed by atoms with van der Waals surface area (Å²) in [5, 5.41) is 13.6. The maximum atomic E-state index is 13.0. The summed E-state index contributed by atoms with van der Waals surface area (Å²) in [4.78, 5) is 3.78. The highest BCUT2D eigenvalue weighted by molar-refractivity contribution is 8.00. The maximum Gasteiger partial charge on any atom is 0.433 e. The minimum Gasteiger partial charge on any atom is -0.372 e. The van der Waals surface area contributed by atoms with Crippen LogP contribution in [0.25, 0.3) is 0 Å². The molecule has 0 bridgehead atoms. The molecule has 6 nitrogen and oxygen atoms in total. The zero-order valence-corrected chi connectivity index (χ0v) is 16.9. The smallest absolute Gasteiger partial charge is 0.372 e. The summed E-state index contributed by atoms with van der Waals surface area (Å²) >= 11 is 1.33. The lowest BCUT2D eigenvalue weighted by molar-refractivity contribution is -0.141. The zero-order valence-electron chi connectivity index (χ0n) is 16.1. The molecular weight excluding hydrogens is 405 g/mol. The monoisotopic (exact) mass is 426 g/mol. The van der Waals surface area contributed by atoms with Gasteiger partial charge in [0.25, 0.3) is 0 Å². The molecule has 1 saturated heterocycles. The van der Waals surface area contributed by atoms with Crippen LogP contribution < -0.4 is 0 Å². The third-order valence-electron chi connectivity index (χ3n) is 4.64. The van der Waals surface area contributed by atoms with E-state index in [1.807, 2.05) is 13.0 Å². The van der Waals surface area contributed by atoms with Crippen molar-refractivity contribution >= 4 is 11.8 Å². The second-order valence-corrected chi connectivity index (χ2v) is 8.65. The second kappa shape index (κ2) is 8.73. The summed E-state index contributed by atoms with van der Waals surface area (Å²) in [7, 11) is 1.55. The van der Waals surface area contributed by atoms with Crippen molar-refractivity contribution in [3.8, 4) is 6.07 Å². The topological polar surface area (TPSA) is 73.0 Å². The van der Waals surface area contributed by atoms with Crippen LogP contribution in [0.3, 0.4) is 0 Å². The highest BCUT2D eigenvalue weighted by Crippen LogP contribution is 2.45. The Bertz CT molecular complexity index is 896. The molecular formula is C19H21F3N4O2S. The van der Waals surface area contributed by atoms with Gasteiger partial charge in [0.2, 0.25) is 0 Å². The molecule has 29 heavy (non-hydrogen) atoms. The van der Waals surface area contributed by atoms with Gasteiger partial charge in [-0.05, 0) is 38.0 Å². The Morgan fingerprint density at radius 3 is 2.93 bits per heavy atom. The van der Waals surface area contributed by atoms with Crippen LogP contribution in [-0.4, -0.2) is 33.2 Å². The van der Waals surface area contributed by atoms with Gasteiger partial charge in [0.1, 0.15) is 18.5 Å². The number of halogens is 3. The minimum absolute atomic E-state index is 0.177. The molecule has 2 aromatic rings. The van der Waals surface area contributed by atoms with Gasteiger partial charge in [-0.3, -0.25) is 0 Å². The van der Waals surface area contributed by atoms with Crippen LogP contribution in [0.15, 0.2) is 29.3 Å². The van der Waals surface area contributed by atoms with E-state index in [1.165, 1.54) is 17.8 Å². The molecule has 2 unspecified atom stereocenters. The molecule has 0 saturated carbocycles. The lowest BCUT2D eigenvalue weighted by atomic mass is 9.94. The van der Waals surface area contributed by atoms with Crippen molar-refractivity contribution in [2.24, 2.45) is 0 Å². The van der Waals surface area contributed by atoms with Crippen molar-refractivity contribution in [3.63, 3.8) is 0 Å². The number of hydrogen-bond donors (Lipinski definition) is 0. The van der Waals surface area contributed by atoms with Crippen molar-refractivity contribution in [1.82, 2.24) is 14.8 Å². The average molecular weight is 426 g/mol. The van der Waals surface area contributed by atoms with Gasteiger partial charge in [0, 0.05) is 18.5 Å². The van der Waals surface area contributed by atoms with Crippen LogP contribution in [0.4, 0.5) is 13.2 Å². The summed E-state index contributed by atoms with van der Waals surface area (Å²) < 4.78 is 51.3. The largest absolute Gasteiger partial charge is 0.433 e. The number of nitrogens with zero attached hydrogens (tertiary/aromatic N) is 4. The molecule has 1 aliphatic rings. The van der Waals surface area contributed by atoms with E-state index in [4.69, 9.17) is 14.7 Å². The van der Waals surface area contributed by atoms with Gasteiger partial charge in [-0.1, -0.05) is 17.8 Å². The third kappa shape index (κ3) is 5.29. The molecule has 0 aromatic carbocycles. The molecule has 2 atom stereocenters. The summed E-state index contributed by atoms with van der Waals surface area (Å²) in [6, 6.07) is 7.84. The Morgan fingerprint density at radius 2 is 2.24 bits per heavy atom. The first-order valence-corrected chi connectivity index (χ1v) is 9.83. The van der Waals surface area contributed by atoms with Crippen LogP contribution in [0.5, 0.6) is 0 Å². The predicted octanol–water partition coefficient (Wildman–Crippen LogP) is 4.37. The van der Waals surface area contributed by atoms with E-state index >= 15 is 0 Å². The fourth-order valence-electron chi connectivity index (χ4n) is 3.27. The van der Waals surface area contributed by atoms with Crippen molar-refractivity contribution in [3.05, 3.63) is 41.3 Å². The van der Waals surface area contributed by atoms with Gasteiger partial charge in [0.05, 0.1) is 28.9 Å². The normalized spacial score (nSPS) is 22.4. The number of pyridine rings is 1. The highest BCUT2D eigenvalue weighted by atomic mass is 32.2. The van der Waals surface area contributed by atoms with E-state index < -0.39 is 11.9 Å². The third-order valence-corrected chi connectivity index (χ3v) is 5.94. The van der Waals surface area contributed by atoms with Gasteiger partial charge in [0.15, 0.2) is 0 Å². The van der Waals surface area contributed by atoms with Gasteiger partial charge in [-0.25, -0.2) is 9.67 Å². The Balaban J connectivity index is 1.81. The Labute approximate surface area is 171 Å². The van der Waals surface area contributed by atoms with Crippen LogP contribution >= 0.6 is 11.8 Å². The number of thioether (sulfide) groups is 1. The van der Waals surface area contributed by atoms with E-state index in [2.05, 4.69) is 16.2 Å². The second-order valence-electron chi connectivity index (χ2n) is 7.04. The fourth-order valence-corrected chi connectivity index (χ4v) is 4.49. The van der Waals surface area contributed by atoms with Crippen molar-refractivity contribution in [2.45, 2.75) is 55.0 Å². The van der Waals surface area contributed by atoms with Crippen molar-refractivity contribution in [2.75, 3.05) is 13.7 Å². The standard InChI is InChI=1S/C19H21F3N4O2S/c1-18(29-17-5-3-4-16(24-17)19(20,21)22)7-9-28-15(11-18)14-10-13(6-8-23)25-26(14)12-27-2/h3-5,10,15H,6-7,9,11-12H2,1-2H3. The zero-order chi connectivity index (χ0) is 21.1. The molecule has 3 heterocycles.